The van der Waals surface area contributed by atoms with Gasteiger partial charge in [-0.3, -0.25) is 4.79 Å². The average molecular weight is 375 g/mol. The lowest BCUT2D eigenvalue weighted by Gasteiger charge is -2.11. The monoisotopic (exact) mass is 375 g/mol. The third-order valence-electron chi connectivity index (χ3n) is 3.49. The number of rotatable bonds is 8. The number of carbonyl (C=O) groups is 2. The molecule has 2 rings (SSSR count). The van der Waals surface area contributed by atoms with E-state index in [1.807, 2.05) is 13.8 Å². The third-order valence-corrected chi connectivity index (χ3v) is 4.61. The Bertz CT molecular complexity index is 764. The molecule has 1 amide bonds. The Kier molecular flexibility index (Phi) is 7.66. The lowest BCUT2D eigenvalue weighted by molar-refractivity contribution is -0.124. The number of amides is 1. The molecule has 1 N–H and O–H groups in total. The highest BCUT2D eigenvalue weighted by atomic mass is 32.2. The fourth-order valence-electron chi connectivity index (χ4n) is 2.11. The number of nitrogens with one attached hydrogen (secondary N) is 1. The first-order valence-electron chi connectivity index (χ1n) is 8.36. The SMILES string of the molecule is CC(C)CNC(=O)COC(=O)c1ccccc1SCc1ccccc1F. The first-order valence-corrected chi connectivity index (χ1v) is 9.35. The van der Waals surface area contributed by atoms with Gasteiger partial charge >= 0.3 is 5.97 Å². The van der Waals surface area contributed by atoms with Crippen molar-refractivity contribution in [2.75, 3.05) is 13.2 Å². The number of carbonyl (C=O) groups excluding carboxylic acids is 2. The van der Waals surface area contributed by atoms with Crippen LogP contribution in [0.1, 0.15) is 29.8 Å². The molecule has 2 aromatic carbocycles. The van der Waals surface area contributed by atoms with Crippen LogP contribution in [-0.4, -0.2) is 25.0 Å². The molecule has 4 nitrogen and oxygen atoms in total. The molecule has 0 fully saturated rings. The van der Waals surface area contributed by atoms with Crippen molar-refractivity contribution in [2.24, 2.45) is 5.92 Å². The standard InChI is InChI=1S/C20H22FNO3S/c1-14(2)11-22-19(23)12-25-20(24)16-8-4-6-10-18(16)26-13-15-7-3-5-9-17(15)21/h3-10,14H,11-13H2,1-2H3,(H,22,23). The van der Waals surface area contributed by atoms with Crippen LogP contribution in [0.25, 0.3) is 0 Å². The van der Waals surface area contributed by atoms with E-state index in [9.17, 15) is 14.0 Å². The van der Waals surface area contributed by atoms with Gasteiger partial charge < -0.3 is 10.1 Å². The van der Waals surface area contributed by atoms with Crippen molar-refractivity contribution >= 4 is 23.6 Å². The third kappa shape index (κ3) is 6.19. The number of ether oxygens (including phenoxy) is 1. The van der Waals surface area contributed by atoms with Crippen molar-refractivity contribution in [3.63, 3.8) is 0 Å². The summed E-state index contributed by atoms with van der Waals surface area (Å²) in [6.45, 7) is 4.17. The second kappa shape index (κ2) is 9.97. The minimum Gasteiger partial charge on any atom is -0.452 e. The van der Waals surface area contributed by atoms with Crippen molar-refractivity contribution < 1.29 is 18.7 Å². The topological polar surface area (TPSA) is 55.4 Å². The van der Waals surface area contributed by atoms with E-state index in [0.717, 1.165) is 0 Å². The van der Waals surface area contributed by atoms with Gasteiger partial charge in [-0.05, 0) is 29.7 Å². The molecular formula is C20H22FNO3S. The van der Waals surface area contributed by atoms with Crippen molar-refractivity contribution in [1.29, 1.82) is 0 Å². The van der Waals surface area contributed by atoms with Gasteiger partial charge in [0, 0.05) is 17.2 Å². The van der Waals surface area contributed by atoms with Gasteiger partial charge in [0.15, 0.2) is 6.61 Å². The lowest BCUT2D eigenvalue weighted by atomic mass is 10.2. The molecule has 2 aromatic rings. The first-order chi connectivity index (χ1) is 12.5. The Balaban J connectivity index is 1.96. The van der Waals surface area contributed by atoms with Crippen LogP contribution < -0.4 is 5.32 Å². The molecule has 138 valence electrons. The predicted molar refractivity (Wildman–Crippen MR) is 101 cm³/mol. The average Bonchev–Trinajstić information content (AvgIpc) is 2.64. The van der Waals surface area contributed by atoms with Crippen molar-refractivity contribution in [3.8, 4) is 0 Å². The summed E-state index contributed by atoms with van der Waals surface area (Å²) < 4.78 is 18.8. The molecule has 0 aliphatic heterocycles. The molecule has 0 aliphatic rings. The van der Waals surface area contributed by atoms with Gasteiger partial charge in [-0.15, -0.1) is 11.8 Å². The molecule has 0 aliphatic carbocycles. The molecule has 0 aromatic heterocycles. The van der Waals surface area contributed by atoms with Gasteiger partial charge in [-0.2, -0.15) is 0 Å². The molecule has 6 heteroatoms. The van der Waals surface area contributed by atoms with Gasteiger partial charge in [0.1, 0.15) is 5.82 Å². The molecule has 0 atom stereocenters. The normalized spacial score (nSPS) is 10.6. The van der Waals surface area contributed by atoms with Crippen LogP contribution in [0.2, 0.25) is 0 Å². The van der Waals surface area contributed by atoms with Crippen LogP contribution in [0.3, 0.4) is 0 Å². The molecule has 0 saturated carbocycles. The second-order valence-corrected chi connectivity index (χ2v) is 7.17. The van der Waals surface area contributed by atoms with Crippen LogP contribution in [0.15, 0.2) is 53.4 Å². The fourth-order valence-corrected chi connectivity index (χ4v) is 3.14. The zero-order chi connectivity index (χ0) is 18.9. The Morgan fingerprint density at radius 1 is 1.12 bits per heavy atom. The van der Waals surface area contributed by atoms with Crippen molar-refractivity contribution in [3.05, 3.63) is 65.5 Å². The number of thioether (sulfide) groups is 1. The first kappa shape index (κ1) is 20.0. The van der Waals surface area contributed by atoms with Crippen LogP contribution >= 0.6 is 11.8 Å². The van der Waals surface area contributed by atoms with E-state index >= 15 is 0 Å². The minimum absolute atomic E-state index is 0.276. The number of hydrogen-bond acceptors (Lipinski definition) is 4. The van der Waals surface area contributed by atoms with E-state index in [-0.39, 0.29) is 18.3 Å². The number of benzene rings is 2. The Labute approximate surface area is 157 Å². The molecule has 0 radical (unpaired) electrons. The minimum atomic E-state index is -0.568. The van der Waals surface area contributed by atoms with E-state index in [0.29, 0.717) is 34.2 Å². The van der Waals surface area contributed by atoms with Crippen LogP contribution in [0.5, 0.6) is 0 Å². The number of halogens is 1. The summed E-state index contributed by atoms with van der Waals surface area (Å²) in [6, 6.07) is 13.5. The highest BCUT2D eigenvalue weighted by Gasteiger charge is 2.15. The zero-order valence-electron chi connectivity index (χ0n) is 14.8. The van der Waals surface area contributed by atoms with E-state index in [2.05, 4.69) is 5.32 Å². The maximum absolute atomic E-state index is 13.7. The molecular weight excluding hydrogens is 353 g/mol. The molecule has 0 bridgehead atoms. The van der Waals surface area contributed by atoms with Gasteiger partial charge in [-0.25, -0.2) is 9.18 Å². The van der Waals surface area contributed by atoms with Gasteiger partial charge in [0.25, 0.3) is 5.91 Å². The summed E-state index contributed by atoms with van der Waals surface area (Å²) in [4.78, 5) is 24.7. The van der Waals surface area contributed by atoms with E-state index in [1.165, 1.54) is 17.8 Å². The van der Waals surface area contributed by atoms with Crippen LogP contribution in [-0.2, 0) is 15.3 Å². The summed E-state index contributed by atoms with van der Waals surface area (Å²) in [7, 11) is 0. The maximum atomic E-state index is 13.7. The predicted octanol–water partition coefficient (Wildman–Crippen LogP) is 4.05. The molecule has 0 unspecified atom stereocenters. The summed E-state index contributed by atoms with van der Waals surface area (Å²) in [5.74, 6) is -0.455. The summed E-state index contributed by atoms with van der Waals surface area (Å²) in [5.41, 5.74) is 0.930. The summed E-state index contributed by atoms with van der Waals surface area (Å²) >= 11 is 1.35. The lowest BCUT2D eigenvalue weighted by Crippen LogP contribution is -2.31. The highest BCUT2D eigenvalue weighted by molar-refractivity contribution is 7.98. The molecule has 0 heterocycles. The number of hydrogen-bond donors (Lipinski definition) is 1. The van der Waals surface area contributed by atoms with Gasteiger partial charge in [0.2, 0.25) is 0 Å². The van der Waals surface area contributed by atoms with Crippen molar-refractivity contribution in [1.82, 2.24) is 5.32 Å². The molecule has 26 heavy (non-hydrogen) atoms. The quantitative estimate of drug-likeness (QED) is 0.559. The Morgan fingerprint density at radius 2 is 1.81 bits per heavy atom. The summed E-state index contributed by atoms with van der Waals surface area (Å²) in [6.07, 6.45) is 0. The van der Waals surface area contributed by atoms with E-state index < -0.39 is 5.97 Å². The fraction of sp³-hybridized carbons (Fsp3) is 0.300. The van der Waals surface area contributed by atoms with Crippen LogP contribution in [0.4, 0.5) is 4.39 Å². The highest BCUT2D eigenvalue weighted by Crippen LogP contribution is 2.27. The zero-order valence-corrected chi connectivity index (χ0v) is 15.6. The maximum Gasteiger partial charge on any atom is 0.339 e. The van der Waals surface area contributed by atoms with Gasteiger partial charge in [-0.1, -0.05) is 44.2 Å². The Hall–Kier alpha value is -2.34. The number of esters is 1. The van der Waals surface area contributed by atoms with E-state index in [1.54, 1.807) is 42.5 Å². The summed E-state index contributed by atoms with van der Waals surface area (Å²) in [5, 5.41) is 2.69. The smallest absolute Gasteiger partial charge is 0.339 e. The second-order valence-electron chi connectivity index (χ2n) is 6.15. The molecule has 0 saturated heterocycles. The van der Waals surface area contributed by atoms with Crippen LogP contribution in [0, 0.1) is 11.7 Å². The van der Waals surface area contributed by atoms with E-state index in [4.69, 9.17) is 4.74 Å². The Morgan fingerprint density at radius 3 is 2.54 bits per heavy atom. The van der Waals surface area contributed by atoms with Gasteiger partial charge in [0.05, 0.1) is 5.56 Å². The largest absolute Gasteiger partial charge is 0.452 e. The molecule has 0 spiro atoms. The van der Waals surface area contributed by atoms with Crippen molar-refractivity contribution in [2.45, 2.75) is 24.5 Å².